The Morgan fingerprint density at radius 1 is 1.12 bits per heavy atom. The highest BCUT2D eigenvalue weighted by molar-refractivity contribution is 8.77. The topological polar surface area (TPSA) is 128 Å². The number of carbonyl (C=O) groups is 1. The molecule has 0 aromatic rings. The number of rotatable bonds is 5. The second-order valence-electron chi connectivity index (χ2n) is 14.4. The Hall–Kier alpha value is -0.740. The number of carbonyl (C=O) groups excluding carboxylic acids is 1. The number of fused-ring (bicyclic) bond motifs is 1. The number of allylic oxidation sites excluding steroid dienone is 2. The van der Waals surface area contributed by atoms with Crippen LogP contribution in [0.2, 0.25) is 0 Å². The molecule has 41 heavy (non-hydrogen) atoms. The lowest BCUT2D eigenvalue weighted by Gasteiger charge is -2.57. The largest absolute Gasteiger partial charge is 0.396 e. The van der Waals surface area contributed by atoms with E-state index in [1.165, 1.54) is 5.57 Å². The molecule has 0 aromatic heterocycles. The van der Waals surface area contributed by atoms with Crippen LogP contribution in [0.5, 0.6) is 0 Å². The van der Waals surface area contributed by atoms with E-state index in [1.807, 2.05) is 10.8 Å². The van der Waals surface area contributed by atoms with Crippen LogP contribution < -0.4 is 11.1 Å². The molecule has 0 aromatic carbocycles. The van der Waals surface area contributed by atoms with Gasteiger partial charge in [-0.1, -0.05) is 40.5 Å². The number of guanidine groups is 1. The number of Topliss-reactive ketones (excluding diaryl/α,β-unsaturated/α-hetero) is 1. The maximum atomic E-state index is 14.0. The summed E-state index contributed by atoms with van der Waals surface area (Å²) < 4.78 is -0.0432. The average molecular weight is 606 g/mol. The maximum Gasteiger partial charge on any atom is 0.189 e. The molecule has 9 heteroatoms. The second kappa shape index (κ2) is 11.6. The molecule has 2 aliphatic heterocycles. The van der Waals surface area contributed by atoms with E-state index in [1.54, 1.807) is 0 Å². The Morgan fingerprint density at radius 3 is 2.73 bits per heavy atom. The predicted octanol–water partition coefficient (Wildman–Crippen LogP) is 4.59. The number of aliphatic hydroxyl groups excluding tert-OH is 3. The number of nitrogens with two attached hydrogens (primary N) is 1. The fraction of sp³-hybridized carbons (Fsp3) is 0.875. The van der Waals surface area contributed by atoms with Gasteiger partial charge in [0.15, 0.2) is 11.7 Å². The fourth-order valence-electron chi connectivity index (χ4n) is 10.9. The molecule has 8 atom stereocenters. The SMILES string of the molecule is CC12CCSSC3(CCCC(CO)C3)C3(CCCC4=C5CC1CC(CO)C(CCCO)C52CC4=O)CCN=C(N)N3. The van der Waals surface area contributed by atoms with Crippen LogP contribution in [0, 0.1) is 34.5 Å². The molecule has 6 aliphatic rings. The van der Waals surface area contributed by atoms with Crippen molar-refractivity contribution in [3.8, 4) is 0 Å². The van der Waals surface area contributed by atoms with Crippen molar-refractivity contribution in [3.05, 3.63) is 11.1 Å². The number of aliphatic hydroxyl groups is 3. The lowest BCUT2D eigenvalue weighted by atomic mass is 9.47. The van der Waals surface area contributed by atoms with Gasteiger partial charge < -0.3 is 26.4 Å². The Labute approximate surface area is 253 Å². The number of hydrogen-bond acceptors (Lipinski definition) is 9. The first-order valence-corrected chi connectivity index (χ1v) is 18.6. The highest BCUT2D eigenvalue weighted by Gasteiger charge is 2.69. The minimum absolute atomic E-state index is 0.0262. The van der Waals surface area contributed by atoms with E-state index in [9.17, 15) is 20.1 Å². The van der Waals surface area contributed by atoms with Gasteiger partial charge in [0.25, 0.3) is 0 Å². The molecule has 6 rings (SSSR count). The number of nitrogens with one attached hydrogen (secondary N) is 1. The van der Waals surface area contributed by atoms with Gasteiger partial charge in [-0.15, -0.1) is 0 Å². The molecule has 7 nitrogen and oxygen atoms in total. The first-order valence-electron chi connectivity index (χ1n) is 16.2. The molecule has 0 amide bonds. The third-order valence-electron chi connectivity index (χ3n) is 12.8. The molecule has 5 bridgehead atoms. The lowest BCUT2D eigenvalue weighted by Crippen LogP contribution is -2.67. The molecule has 8 unspecified atom stereocenters. The van der Waals surface area contributed by atoms with E-state index >= 15 is 0 Å². The Bertz CT molecular complexity index is 1090. The minimum Gasteiger partial charge on any atom is -0.396 e. The van der Waals surface area contributed by atoms with Crippen LogP contribution in [0.3, 0.4) is 0 Å². The minimum atomic E-state index is -0.201. The van der Waals surface area contributed by atoms with Gasteiger partial charge in [-0.25, -0.2) is 0 Å². The number of ketones is 1. The van der Waals surface area contributed by atoms with E-state index in [2.05, 4.69) is 28.0 Å². The van der Waals surface area contributed by atoms with Crippen LogP contribution in [-0.4, -0.2) is 69.5 Å². The third kappa shape index (κ3) is 4.65. The summed E-state index contributed by atoms with van der Waals surface area (Å²) in [6, 6.07) is 0. The third-order valence-corrected chi connectivity index (χ3v) is 16.2. The fourth-order valence-corrected chi connectivity index (χ4v) is 14.8. The van der Waals surface area contributed by atoms with E-state index in [0.717, 1.165) is 101 Å². The molecular formula is C32H51N3O4S2. The average Bonchev–Trinajstić information content (AvgIpc) is 3.30. The van der Waals surface area contributed by atoms with E-state index in [4.69, 9.17) is 5.73 Å². The van der Waals surface area contributed by atoms with Crippen molar-refractivity contribution in [3.63, 3.8) is 0 Å². The molecule has 230 valence electrons. The van der Waals surface area contributed by atoms with Gasteiger partial charge in [-0.3, -0.25) is 9.79 Å². The first-order chi connectivity index (χ1) is 19.8. The molecule has 2 heterocycles. The summed E-state index contributed by atoms with van der Waals surface area (Å²) in [5, 5.41) is 34.3. The van der Waals surface area contributed by atoms with Crippen molar-refractivity contribution in [1.29, 1.82) is 0 Å². The van der Waals surface area contributed by atoms with Crippen molar-refractivity contribution >= 4 is 33.3 Å². The Morgan fingerprint density at radius 2 is 1.98 bits per heavy atom. The van der Waals surface area contributed by atoms with Gasteiger partial charge in [0, 0.05) is 48.7 Å². The van der Waals surface area contributed by atoms with Gasteiger partial charge in [0.2, 0.25) is 0 Å². The van der Waals surface area contributed by atoms with Crippen molar-refractivity contribution in [1.82, 2.24) is 5.32 Å². The molecule has 0 radical (unpaired) electrons. The molecule has 4 aliphatic carbocycles. The Kier molecular flexibility index (Phi) is 8.60. The van der Waals surface area contributed by atoms with Gasteiger partial charge in [0.05, 0.1) is 5.54 Å². The molecule has 3 fully saturated rings. The van der Waals surface area contributed by atoms with Crippen LogP contribution in [0.25, 0.3) is 0 Å². The van der Waals surface area contributed by atoms with Crippen LogP contribution in [-0.2, 0) is 4.79 Å². The standard InChI is InChI=1S/C32H51N3O4S2/c1-29-11-14-40-41-31(9-2-5-21(17-31)19-37)30(10-12-34-28(33)35-30)8-3-6-24-26-16-23(29)15-22(20-38)25(7-4-13-36)32(26,29)18-27(24)39/h21-23,25,36-38H,2-20H2,1H3,(H3,33,34,35). The first kappa shape index (κ1) is 30.3. The summed E-state index contributed by atoms with van der Waals surface area (Å²) in [5.41, 5.74) is 8.59. The van der Waals surface area contributed by atoms with Crippen LogP contribution >= 0.6 is 21.6 Å². The zero-order valence-corrected chi connectivity index (χ0v) is 26.5. The smallest absolute Gasteiger partial charge is 0.189 e. The summed E-state index contributed by atoms with van der Waals surface area (Å²) in [5.74, 6) is 3.18. The number of aliphatic imine (C=N–C) groups is 1. The normalized spacial score (nSPS) is 44.8. The summed E-state index contributed by atoms with van der Waals surface area (Å²) in [6.45, 7) is 3.78. The van der Waals surface area contributed by atoms with Crippen molar-refractivity contribution in [2.75, 3.05) is 32.1 Å². The molecule has 3 saturated carbocycles. The quantitative estimate of drug-likeness (QED) is 0.288. The van der Waals surface area contributed by atoms with E-state index in [-0.39, 0.29) is 52.8 Å². The molecule has 6 N–H and O–H groups in total. The zero-order chi connectivity index (χ0) is 28.9. The van der Waals surface area contributed by atoms with E-state index < -0.39 is 0 Å². The van der Waals surface area contributed by atoms with E-state index in [0.29, 0.717) is 30.0 Å². The summed E-state index contributed by atoms with van der Waals surface area (Å²) in [7, 11) is 4.07. The van der Waals surface area contributed by atoms with Gasteiger partial charge >= 0.3 is 0 Å². The number of hydrogen-bond donors (Lipinski definition) is 5. The van der Waals surface area contributed by atoms with Crippen LogP contribution in [0.1, 0.15) is 96.8 Å². The summed E-state index contributed by atoms with van der Waals surface area (Å²) in [6.07, 6.45) is 13.2. The van der Waals surface area contributed by atoms with Crippen LogP contribution in [0.4, 0.5) is 0 Å². The van der Waals surface area contributed by atoms with Gasteiger partial charge in [-0.2, -0.15) is 0 Å². The van der Waals surface area contributed by atoms with Crippen molar-refractivity contribution in [2.45, 2.75) is 107 Å². The molecule has 3 spiro atoms. The number of nitrogens with zero attached hydrogens (tertiary/aromatic N) is 1. The van der Waals surface area contributed by atoms with Gasteiger partial charge in [-0.05, 0) is 112 Å². The maximum absolute atomic E-state index is 14.0. The monoisotopic (exact) mass is 605 g/mol. The van der Waals surface area contributed by atoms with Crippen molar-refractivity contribution < 1.29 is 20.1 Å². The van der Waals surface area contributed by atoms with Crippen LogP contribution in [0.15, 0.2) is 16.1 Å². The van der Waals surface area contributed by atoms with Gasteiger partial charge in [0.1, 0.15) is 0 Å². The second-order valence-corrected chi connectivity index (χ2v) is 17.2. The predicted molar refractivity (Wildman–Crippen MR) is 168 cm³/mol. The zero-order valence-electron chi connectivity index (χ0n) is 24.8. The highest BCUT2D eigenvalue weighted by Crippen LogP contribution is 2.75. The summed E-state index contributed by atoms with van der Waals surface area (Å²) >= 11 is 0. The Balaban J connectivity index is 1.40. The highest BCUT2D eigenvalue weighted by atomic mass is 33.1. The molecular weight excluding hydrogens is 555 g/mol. The lowest BCUT2D eigenvalue weighted by molar-refractivity contribution is -0.125. The van der Waals surface area contributed by atoms with Crippen molar-refractivity contribution in [2.24, 2.45) is 45.2 Å². The molecule has 0 saturated heterocycles. The summed E-state index contributed by atoms with van der Waals surface area (Å²) in [4.78, 5) is 18.5.